The fraction of sp³-hybridized carbons (Fsp3) is 0.588. The summed E-state index contributed by atoms with van der Waals surface area (Å²) in [5, 5.41) is 14.8. The van der Waals surface area contributed by atoms with E-state index in [1.807, 2.05) is 31.5 Å². The summed E-state index contributed by atoms with van der Waals surface area (Å²) in [7, 11) is 0. The van der Waals surface area contributed by atoms with Gasteiger partial charge in [0.15, 0.2) is 5.82 Å². The largest absolute Gasteiger partial charge is 0.355 e. The lowest BCUT2D eigenvalue weighted by atomic mass is 10.0. The van der Waals surface area contributed by atoms with Gasteiger partial charge in [-0.25, -0.2) is 0 Å². The van der Waals surface area contributed by atoms with Gasteiger partial charge in [0, 0.05) is 49.6 Å². The predicted molar refractivity (Wildman–Crippen MR) is 93.0 cm³/mol. The third kappa shape index (κ3) is 3.96. The molecule has 0 atom stereocenters. The van der Waals surface area contributed by atoms with Crippen LogP contribution >= 0.6 is 0 Å². The highest BCUT2D eigenvalue weighted by molar-refractivity contribution is 5.76. The van der Waals surface area contributed by atoms with Crippen molar-refractivity contribution in [2.75, 3.05) is 18.0 Å². The molecular formula is C17H26N6O. The van der Waals surface area contributed by atoms with Crippen LogP contribution in [0, 0.1) is 20.8 Å². The molecule has 0 aromatic carbocycles. The fourth-order valence-corrected chi connectivity index (χ4v) is 3.23. The van der Waals surface area contributed by atoms with Crippen molar-refractivity contribution in [1.29, 1.82) is 0 Å². The summed E-state index contributed by atoms with van der Waals surface area (Å²) in [6, 6.07) is 4.35. The SMILES string of the molecule is Cc1cc(C)n(CCC(=O)NC2CCN(c3cc(C)[nH]n3)CC2)n1. The van der Waals surface area contributed by atoms with Gasteiger partial charge >= 0.3 is 0 Å². The van der Waals surface area contributed by atoms with Crippen LogP contribution in [-0.2, 0) is 11.3 Å². The Morgan fingerprint density at radius 3 is 2.62 bits per heavy atom. The van der Waals surface area contributed by atoms with E-state index in [1.54, 1.807) is 0 Å². The van der Waals surface area contributed by atoms with Crippen LogP contribution in [0.3, 0.4) is 0 Å². The summed E-state index contributed by atoms with van der Waals surface area (Å²) in [5.41, 5.74) is 3.17. The van der Waals surface area contributed by atoms with E-state index < -0.39 is 0 Å². The second-order valence-electron chi connectivity index (χ2n) is 6.64. The summed E-state index contributed by atoms with van der Waals surface area (Å²) < 4.78 is 1.90. The van der Waals surface area contributed by atoms with Crippen molar-refractivity contribution < 1.29 is 4.79 Å². The number of carbonyl (C=O) groups is 1. The van der Waals surface area contributed by atoms with Crippen molar-refractivity contribution in [1.82, 2.24) is 25.3 Å². The topological polar surface area (TPSA) is 78.8 Å². The number of piperidine rings is 1. The number of hydrogen-bond acceptors (Lipinski definition) is 4. The molecule has 24 heavy (non-hydrogen) atoms. The number of amides is 1. The van der Waals surface area contributed by atoms with Gasteiger partial charge in [-0.1, -0.05) is 0 Å². The molecule has 1 fully saturated rings. The van der Waals surface area contributed by atoms with E-state index in [2.05, 4.69) is 31.6 Å². The number of nitrogens with one attached hydrogen (secondary N) is 2. The Hall–Kier alpha value is -2.31. The smallest absolute Gasteiger partial charge is 0.222 e. The minimum Gasteiger partial charge on any atom is -0.355 e. The number of rotatable bonds is 5. The number of carbonyl (C=O) groups excluding carboxylic acids is 1. The molecule has 1 amide bonds. The molecule has 3 rings (SSSR count). The molecule has 0 bridgehead atoms. The number of aromatic amines is 1. The molecule has 0 saturated carbocycles. The third-order valence-electron chi connectivity index (χ3n) is 4.53. The Bertz CT molecular complexity index is 696. The molecule has 1 aliphatic rings. The van der Waals surface area contributed by atoms with Gasteiger partial charge in [0.25, 0.3) is 0 Å². The first-order valence-corrected chi connectivity index (χ1v) is 8.58. The van der Waals surface area contributed by atoms with Crippen LogP contribution in [0.15, 0.2) is 12.1 Å². The number of hydrogen-bond donors (Lipinski definition) is 2. The average molecular weight is 330 g/mol. The minimum absolute atomic E-state index is 0.108. The predicted octanol–water partition coefficient (Wildman–Crippen LogP) is 1.71. The first-order valence-electron chi connectivity index (χ1n) is 8.58. The van der Waals surface area contributed by atoms with Crippen LogP contribution in [0.1, 0.15) is 36.3 Å². The molecule has 2 N–H and O–H groups in total. The van der Waals surface area contributed by atoms with E-state index in [4.69, 9.17) is 0 Å². The van der Waals surface area contributed by atoms with Crippen molar-refractivity contribution >= 4 is 11.7 Å². The molecule has 7 heteroatoms. The molecule has 7 nitrogen and oxygen atoms in total. The van der Waals surface area contributed by atoms with E-state index >= 15 is 0 Å². The lowest BCUT2D eigenvalue weighted by Crippen LogP contribution is -2.45. The highest BCUT2D eigenvalue weighted by Gasteiger charge is 2.22. The van der Waals surface area contributed by atoms with Crippen molar-refractivity contribution in [3.63, 3.8) is 0 Å². The molecule has 0 radical (unpaired) electrons. The van der Waals surface area contributed by atoms with Crippen molar-refractivity contribution in [2.24, 2.45) is 0 Å². The Balaban J connectivity index is 1.42. The van der Waals surface area contributed by atoms with E-state index in [0.29, 0.717) is 13.0 Å². The zero-order valence-corrected chi connectivity index (χ0v) is 14.7. The number of aryl methyl sites for hydroxylation is 4. The molecule has 0 spiro atoms. The molecule has 130 valence electrons. The van der Waals surface area contributed by atoms with Crippen molar-refractivity contribution in [3.05, 3.63) is 29.2 Å². The number of anilines is 1. The van der Waals surface area contributed by atoms with Gasteiger partial charge in [-0.05, 0) is 39.7 Å². The second kappa shape index (κ2) is 7.07. The standard InChI is InChI=1S/C17H26N6O/c1-12-11-16(20-19-12)22-7-4-15(5-8-22)18-17(24)6-9-23-14(3)10-13(2)21-23/h10-11,15H,4-9H2,1-3H3,(H,18,24)(H,19,20). The first kappa shape index (κ1) is 16.5. The molecule has 0 unspecified atom stereocenters. The highest BCUT2D eigenvalue weighted by atomic mass is 16.1. The maximum absolute atomic E-state index is 12.2. The zero-order valence-electron chi connectivity index (χ0n) is 14.7. The van der Waals surface area contributed by atoms with Gasteiger partial charge in [-0.2, -0.15) is 10.2 Å². The van der Waals surface area contributed by atoms with Crippen molar-refractivity contribution in [3.8, 4) is 0 Å². The van der Waals surface area contributed by atoms with Crippen LogP contribution < -0.4 is 10.2 Å². The first-order chi connectivity index (χ1) is 11.5. The monoisotopic (exact) mass is 330 g/mol. The van der Waals surface area contributed by atoms with Crippen LogP contribution in [0.2, 0.25) is 0 Å². The van der Waals surface area contributed by atoms with Gasteiger partial charge in [0.1, 0.15) is 0 Å². The Morgan fingerprint density at radius 1 is 1.29 bits per heavy atom. The van der Waals surface area contributed by atoms with E-state index in [-0.39, 0.29) is 11.9 Å². The summed E-state index contributed by atoms with van der Waals surface area (Å²) in [6.45, 7) is 8.48. The molecule has 0 aliphatic carbocycles. The number of aromatic nitrogens is 4. The van der Waals surface area contributed by atoms with Crippen molar-refractivity contribution in [2.45, 2.75) is 52.6 Å². The van der Waals surface area contributed by atoms with E-state index in [0.717, 1.165) is 48.8 Å². The molecular weight excluding hydrogens is 304 g/mol. The molecule has 1 saturated heterocycles. The van der Waals surface area contributed by atoms with Crippen LogP contribution in [0.5, 0.6) is 0 Å². The maximum Gasteiger partial charge on any atom is 0.222 e. The van der Waals surface area contributed by atoms with Gasteiger partial charge in [-0.15, -0.1) is 0 Å². The summed E-state index contributed by atoms with van der Waals surface area (Å²) in [6.07, 6.45) is 2.38. The Labute approximate surface area is 142 Å². The van der Waals surface area contributed by atoms with Crippen LogP contribution in [-0.4, -0.2) is 45.0 Å². The second-order valence-corrected chi connectivity index (χ2v) is 6.64. The zero-order chi connectivity index (χ0) is 17.1. The number of H-pyrrole nitrogens is 1. The quantitative estimate of drug-likeness (QED) is 0.875. The summed E-state index contributed by atoms with van der Waals surface area (Å²) >= 11 is 0. The van der Waals surface area contributed by atoms with Gasteiger partial charge in [0.2, 0.25) is 5.91 Å². The van der Waals surface area contributed by atoms with E-state index in [9.17, 15) is 4.79 Å². The van der Waals surface area contributed by atoms with Gasteiger partial charge in [0.05, 0.1) is 5.69 Å². The van der Waals surface area contributed by atoms with Gasteiger partial charge in [-0.3, -0.25) is 14.6 Å². The molecule has 2 aromatic heterocycles. The summed E-state index contributed by atoms with van der Waals surface area (Å²) in [5.74, 6) is 1.11. The van der Waals surface area contributed by atoms with E-state index in [1.165, 1.54) is 0 Å². The Kier molecular flexibility index (Phi) is 4.87. The van der Waals surface area contributed by atoms with Crippen LogP contribution in [0.4, 0.5) is 5.82 Å². The third-order valence-corrected chi connectivity index (χ3v) is 4.53. The lowest BCUT2D eigenvalue weighted by molar-refractivity contribution is -0.122. The highest BCUT2D eigenvalue weighted by Crippen LogP contribution is 2.18. The normalized spacial score (nSPS) is 15.7. The lowest BCUT2D eigenvalue weighted by Gasteiger charge is -2.32. The molecule has 3 heterocycles. The Morgan fingerprint density at radius 2 is 2.04 bits per heavy atom. The minimum atomic E-state index is 0.108. The average Bonchev–Trinajstić information content (AvgIpc) is 3.11. The summed E-state index contributed by atoms with van der Waals surface area (Å²) in [4.78, 5) is 14.4. The fourth-order valence-electron chi connectivity index (χ4n) is 3.23. The molecule has 1 aliphatic heterocycles. The maximum atomic E-state index is 12.2. The van der Waals surface area contributed by atoms with Gasteiger partial charge < -0.3 is 10.2 Å². The number of nitrogens with zero attached hydrogens (tertiary/aromatic N) is 4. The van der Waals surface area contributed by atoms with Crippen LogP contribution in [0.25, 0.3) is 0 Å². The molecule has 2 aromatic rings.